The Morgan fingerprint density at radius 2 is 1.80 bits per heavy atom. The number of fused-ring (bicyclic) bond motifs is 3. The van der Waals surface area contributed by atoms with Crippen LogP contribution >= 0.6 is 0 Å². The summed E-state index contributed by atoms with van der Waals surface area (Å²) in [6.07, 6.45) is 6.76. The largest absolute Gasteiger partial charge is 0.481 e. The van der Waals surface area contributed by atoms with Crippen LogP contribution in [0.3, 0.4) is 0 Å². The van der Waals surface area contributed by atoms with E-state index >= 15 is 0 Å². The van der Waals surface area contributed by atoms with Crippen molar-refractivity contribution in [1.29, 1.82) is 0 Å². The van der Waals surface area contributed by atoms with E-state index in [1.807, 2.05) is 6.20 Å². The number of nitrogens with one attached hydrogen (secondary N) is 1. The fourth-order valence-corrected chi connectivity index (χ4v) is 4.15. The van der Waals surface area contributed by atoms with Gasteiger partial charge in [-0.05, 0) is 62.8 Å². The number of halogens is 1. The van der Waals surface area contributed by atoms with Crippen molar-refractivity contribution in [3.63, 3.8) is 0 Å². The highest BCUT2D eigenvalue weighted by Gasteiger charge is 2.52. The van der Waals surface area contributed by atoms with Crippen LogP contribution < -0.4 is 5.32 Å². The number of hydrogen-bond donors (Lipinski definition) is 2. The van der Waals surface area contributed by atoms with Crippen LogP contribution in [-0.4, -0.2) is 31.6 Å². The van der Waals surface area contributed by atoms with E-state index in [2.05, 4.69) is 15.6 Å². The molecular weight excluding hydrogens is 323 g/mol. The maximum absolute atomic E-state index is 13.0. The Morgan fingerprint density at radius 3 is 2.40 bits per heavy atom. The van der Waals surface area contributed by atoms with E-state index in [4.69, 9.17) is 0 Å². The van der Waals surface area contributed by atoms with E-state index in [0.29, 0.717) is 6.54 Å². The first-order valence-corrected chi connectivity index (χ1v) is 8.66. The van der Waals surface area contributed by atoms with Crippen molar-refractivity contribution in [2.24, 2.45) is 5.41 Å². The normalized spacial score (nSPS) is 28.2. The van der Waals surface area contributed by atoms with E-state index in [9.17, 15) is 14.3 Å². The first-order chi connectivity index (χ1) is 12.0. The average Bonchev–Trinajstić information content (AvgIpc) is 3.11. The van der Waals surface area contributed by atoms with Gasteiger partial charge in [-0.2, -0.15) is 0 Å². The number of rotatable bonds is 5. The van der Waals surface area contributed by atoms with Gasteiger partial charge in [-0.1, -0.05) is 5.21 Å². The van der Waals surface area contributed by atoms with Crippen molar-refractivity contribution in [1.82, 2.24) is 20.3 Å². The minimum absolute atomic E-state index is 0.0247. The van der Waals surface area contributed by atoms with E-state index in [1.54, 1.807) is 16.8 Å². The molecule has 3 aliphatic rings. The maximum atomic E-state index is 13.0. The van der Waals surface area contributed by atoms with Crippen LogP contribution in [0.5, 0.6) is 0 Å². The zero-order valence-electron chi connectivity index (χ0n) is 13.9. The summed E-state index contributed by atoms with van der Waals surface area (Å²) >= 11 is 0. The van der Waals surface area contributed by atoms with Crippen LogP contribution in [0.2, 0.25) is 0 Å². The van der Waals surface area contributed by atoms with Gasteiger partial charge in [-0.3, -0.25) is 4.79 Å². The second kappa shape index (κ2) is 5.91. The number of hydrogen-bond acceptors (Lipinski definition) is 4. The molecule has 2 bridgehead atoms. The topological polar surface area (TPSA) is 80.0 Å². The highest BCUT2D eigenvalue weighted by molar-refractivity contribution is 5.75. The Balaban J connectivity index is 1.40. The van der Waals surface area contributed by atoms with E-state index < -0.39 is 11.4 Å². The fraction of sp³-hybridized carbons (Fsp3) is 0.500. The third-order valence-corrected chi connectivity index (χ3v) is 5.98. The molecule has 5 rings (SSSR count). The van der Waals surface area contributed by atoms with Gasteiger partial charge in [0.05, 0.1) is 23.0 Å². The third-order valence-electron chi connectivity index (χ3n) is 5.98. The smallest absolute Gasteiger partial charge is 0.309 e. The summed E-state index contributed by atoms with van der Waals surface area (Å²) in [4.78, 5) is 11.5. The van der Waals surface area contributed by atoms with E-state index in [-0.39, 0.29) is 11.4 Å². The summed E-state index contributed by atoms with van der Waals surface area (Å²) < 4.78 is 14.6. The minimum atomic E-state index is -0.636. The Hall–Kier alpha value is -2.28. The highest BCUT2D eigenvalue weighted by atomic mass is 19.1. The molecule has 0 amide bonds. The van der Waals surface area contributed by atoms with Crippen molar-refractivity contribution in [3.8, 4) is 5.69 Å². The number of aliphatic carboxylic acids is 1. The number of aromatic nitrogens is 3. The molecular formula is C18H21FN4O2. The molecule has 0 radical (unpaired) electrons. The van der Waals surface area contributed by atoms with Crippen molar-refractivity contribution < 1.29 is 14.3 Å². The van der Waals surface area contributed by atoms with E-state index in [0.717, 1.165) is 49.9 Å². The van der Waals surface area contributed by atoms with Crippen LogP contribution in [-0.2, 0) is 11.3 Å². The monoisotopic (exact) mass is 344 g/mol. The van der Waals surface area contributed by atoms with Gasteiger partial charge < -0.3 is 10.4 Å². The predicted octanol–water partition coefficient (Wildman–Crippen LogP) is 2.67. The second-order valence-electron chi connectivity index (χ2n) is 7.35. The van der Waals surface area contributed by atoms with Crippen LogP contribution in [0.15, 0.2) is 30.5 Å². The fourth-order valence-electron chi connectivity index (χ4n) is 4.15. The molecule has 3 fully saturated rings. The van der Waals surface area contributed by atoms with E-state index in [1.165, 1.54) is 12.1 Å². The predicted molar refractivity (Wildman–Crippen MR) is 88.7 cm³/mol. The van der Waals surface area contributed by atoms with Crippen molar-refractivity contribution in [2.45, 2.75) is 50.6 Å². The van der Waals surface area contributed by atoms with Gasteiger partial charge in [0.1, 0.15) is 5.82 Å². The number of carbonyl (C=O) groups is 1. The summed E-state index contributed by atoms with van der Waals surface area (Å²) in [6, 6.07) is 6.11. The average molecular weight is 344 g/mol. The number of nitrogens with zero attached hydrogens (tertiary/aromatic N) is 3. The SMILES string of the molecule is O=C(O)C12CCC(NCc3cn(-c4ccc(F)cc4)nn3)(CC1)CC2. The molecule has 1 heterocycles. The van der Waals surface area contributed by atoms with Crippen molar-refractivity contribution in [2.75, 3.05) is 0 Å². The summed E-state index contributed by atoms with van der Waals surface area (Å²) in [6.45, 7) is 0.598. The lowest BCUT2D eigenvalue weighted by molar-refractivity contribution is -0.156. The van der Waals surface area contributed by atoms with Gasteiger partial charge in [0.15, 0.2) is 0 Å². The lowest BCUT2D eigenvalue weighted by atomic mass is 9.57. The number of carboxylic acids is 1. The summed E-state index contributed by atoms with van der Waals surface area (Å²) in [5.74, 6) is -0.917. The Bertz CT molecular complexity index is 762. The summed E-state index contributed by atoms with van der Waals surface area (Å²) in [5, 5.41) is 21.3. The van der Waals surface area contributed by atoms with Gasteiger partial charge in [-0.15, -0.1) is 5.10 Å². The standard InChI is InChI=1S/C18H21FN4O2/c19-13-1-3-15(4-2-13)23-12-14(21-22-23)11-20-18-8-5-17(6-9-18,7-10-18)16(24)25/h1-4,12,20H,5-11H2,(H,24,25). The molecule has 2 N–H and O–H groups in total. The zero-order valence-corrected chi connectivity index (χ0v) is 13.9. The lowest BCUT2D eigenvalue weighted by Gasteiger charge is -2.51. The van der Waals surface area contributed by atoms with Crippen LogP contribution in [0.4, 0.5) is 4.39 Å². The molecule has 3 saturated carbocycles. The van der Waals surface area contributed by atoms with Crippen molar-refractivity contribution >= 4 is 5.97 Å². The van der Waals surface area contributed by atoms with Crippen LogP contribution in [0.25, 0.3) is 5.69 Å². The molecule has 2 aromatic rings. The Labute approximate surface area is 145 Å². The molecule has 0 aliphatic heterocycles. The molecule has 0 saturated heterocycles. The molecule has 25 heavy (non-hydrogen) atoms. The zero-order chi connectivity index (χ0) is 17.5. The van der Waals surface area contributed by atoms with Gasteiger partial charge >= 0.3 is 5.97 Å². The summed E-state index contributed by atoms with van der Waals surface area (Å²) in [7, 11) is 0. The molecule has 0 spiro atoms. The van der Waals surface area contributed by atoms with Gasteiger partial charge in [-0.25, -0.2) is 9.07 Å². The molecule has 1 aromatic carbocycles. The minimum Gasteiger partial charge on any atom is -0.481 e. The molecule has 7 heteroatoms. The van der Waals surface area contributed by atoms with Gasteiger partial charge in [0.25, 0.3) is 0 Å². The molecule has 0 unspecified atom stereocenters. The third kappa shape index (κ3) is 2.93. The second-order valence-corrected chi connectivity index (χ2v) is 7.35. The first kappa shape index (κ1) is 16.2. The Kier molecular flexibility index (Phi) is 3.83. The molecule has 1 aromatic heterocycles. The molecule has 6 nitrogen and oxygen atoms in total. The molecule has 0 atom stereocenters. The first-order valence-electron chi connectivity index (χ1n) is 8.66. The Morgan fingerprint density at radius 1 is 1.16 bits per heavy atom. The summed E-state index contributed by atoms with van der Waals surface area (Å²) in [5.41, 5.74) is 1.12. The molecule has 3 aliphatic carbocycles. The molecule has 132 valence electrons. The van der Waals surface area contributed by atoms with Gasteiger partial charge in [0, 0.05) is 12.1 Å². The number of benzene rings is 1. The quantitative estimate of drug-likeness (QED) is 0.872. The highest BCUT2D eigenvalue weighted by Crippen LogP contribution is 2.52. The van der Waals surface area contributed by atoms with Gasteiger partial charge in [0.2, 0.25) is 0 Å². The number of carboxylic acid groups (broad SMARTS) is 1. The maximum Gasteiger partial charge on any atom is 0.309 e. The van der Waals surface area contributed by atoms with Crippen LogP contribution in [0.1, 0.15) is 44.2 Å². The lowest BCUT2D eigenvalue weighted by Crippen LogP contribution is -2.56. The van der Waals surface area contributed by atoms with Crippen LogP contribution in [0, 0.1) is 11.2 Å². The van der Waals surface area contributed by atoms with Crippen molar-refractivity contribution in [3.05, 3.63) is 42.0 Å².